The van der Waals surface area contributed by atoms with Crippen LogP contribution in [0.3, 0.4) is 0 Å². The highest BCUT2D eigenvalue weighted by molar-refractivity contribution is 6.07. The van der Waals surface area contributed by atoms with Gasteiger partial charge in [0.05, 0.1) is 23.9 Å². The maximum absolute atomic E-state index is 12.7. The van der Waals surface area contributed by atoms with Gasteiger partial charge in [-0.15, -0.1) is 0 Å². The number of carbonyl (C=O) groups is 2. The molecule has 0 aliphatic heterocycles. The number of imidazole rings is 1. The quantitative estimate of drug-likeness (QED) is 0.406. The first-order chi connectivity index (χ1) is 15.2. The van der Waals surface area contributed by atoms with Crippen molar-refractivity contribution in [2.24, 2.45) is 0 Å². The lowest BCUT2D eigenvalue weighted by atomic mass is 10.1. The number of carbonyl (C=O) groups excluding carboxylic acids is 2. The number of amides is 2. The van der Waals surface area contributed by atoms with Gasteiger partial charge >= 0.3 is 0 Å². The van der Waals surface area contributed by atoms with E-state index in [2.05, 4.69) is 25.6 Å². The van der Waals surface area contributed by atoms with Crippen LogP contribution < -0.4 is 10.6 Å². The normalized spacial score (nSPS) is 11.0. The number of anilines is 1. The summed E-state index contributed by atoms with van der Waals surface area (Å²) in [4.78, 5) is 37.0. The third kappa shape index (κ3) is 3.74. The van der Waals surface area contributed by atoms with E-state index in [9.17, 15) is 9.59 Å². The summed E-state index contributed by atoms with van der Waals surface area (Å²) in [5.74, 6) is 0.204. The average Bonchev–Trinajstić information content (AvgIpc) is 3.46. The predicted octanol–water partition coefficient (Wildman–Crippen LogP) is 3.89. The molecule has 0 saturated carbocycles. The van der Waals surface area contributed by atoms with Gasteiger partial charge in [0, 0.05) is 11.6 Å². The molecule has 0 aliphatic rings. The monoisotopic (exact) mass is 411 g/mol. The van der Waals surface area contributed by atoms with Crippen LogP contribution in [0.25, 0.3) is 21.8 Å². The van der Waals surface area contributed by atoms with E-state index >= 15 is 0 Å². The van der Waals surface area contributed by atoms with E-state index in [1.54, 1.807) is 48.9 Å². The van der Waals surface area contributed by atoms with Crippen molar-refractivity contribution in [3.63, 3.8) is 0 Å². The molecule has 0 fully saturated rings. The van der Waals surface area contributed by atoms with E-state index in [-0.39, 0.29) is 24.1 Å². The first-order valence-electron chi connectivity index (χ1n) is 9.63. The molecule has 0 atom stereocenters. The average molecular weight is 411 g/mol. The molecule has 3 N–H and O–H groups in total. The molecule has 152 valence electrons. The number of pyridine rings is 1. The van der Waals surface area contributed by atoms with Crippen molar-refractivity contribution in [1.82, 2.24) is 20.3 Å². The van der Waals surface area contributed by atoms with Gasteiger partial charge in [0.15, 0.2) is 0 Å². The predicted molar refractivity (Wildman–Crippen MR) is 116 cm³/mol. The Balaban J connectivity index is 1.37. The zero-order chi connectivity index (χ0) is 21.2. The topological polar surface area (TPSA) is 113 Å². The van der Waals surface area contributed by atoms with Crippen LogP contribution in [-0.2, 0) is 6.54 Å². The Morgan fingerprint density at radius 3 is 2.68 bits per heavy atom. The number of H-pyrrole nitrogens is 1. The van der Waals surface area contributed by atoms with Crippen LogP contribution in [0.5, 0.6) is 0 Å². The van der Waals surface area contributed by atoms with Crippen molar-refractivity contribution >= 4 is 39.6 Å². The van der Waals surface area contributed by atoms with Crippen molar-refractivity contribution in [2.45, 2.75) is 6.54 Å². The highest BCUT2D eigenvalue weighted by Crippen LogP contribution is 2.20. The number of para-hydroxylation sites is 1. The first-order valence-corrected chi connectivity index (χ1v) is 9.63. The molecular formula is C23H17N5O3. The summed E-state index contributed by atoms with van der Waals surface area (Å²) in [5.41, 5.74) is 1.76. The van der Waals surface area contributed by atoms with E-state index < -0.39 is 5.91 Å². The molecule has 8 heteroatoms. The Bertz CT molecular complexity index is 1410. The fraction of sp³-hybridized carbons (Fsp3) is 0.0435. The standard InChI is InChI=1S/C23H17N5O3/c29-21(25-13-16-7-4-10-31-16)17-8-3-9-18-20(17)27-23(26-18)28-22(30)19-11-14-5-1-2-6-15(14)12-24-19/h1-12H,13H2,(H,25,29)(H2,26,27,28,30). The number of rotatable bonds is 5. The van der Waals surface area contributed by atoms with Gasteiger partial charge in [-0.1, -0.05) is 30.3 Å². The number of aromatic nitrogens is 3. The summed E-state index contributed by atoms with van der Waals surface area (Å²) in [6.07, 6.45) is 3.21. The molecule has 8 nitrogen and oxygen atoms in total. The Hall–Kier alpha value is -4.46. The minimum atomic E-state index is -0.395. The third-order valence-corrected chi connectivity index (χ3v) is 4.86. The Labute approximate surface area is 176 Å². The van der Waals surface area contributed by atoms with E-state index in [0.717, 1.165) is 10.8 Å². The second kappa shape index (κ2) is 7.75. The molecule has 0 aliphatic carbocycles. The largest absolute Gasteiger partial charge is 0.467 e. The van der Waals surface area contributed by atoms with Gasteiger partial charge in [-0.25, -0.2) is 4.98 Å². The van der Waals surface area contributed by atoms with Crippen molar-refractivity contribution < 1.29 is 14.0 Å². The summed E-state index contributed by atoms with van der Waals surface area (Å²) in [5, 5.41) is 7.39. The maximum atomic E-state index is 12.7. The van der Waals surface area contributed by atoms with Crippen LogP contribution in [0.1, 0.15) is 26.6 Å². The summed E-state index contributed by atoms with van der Waals surface area (Å²) in [6.45, 7) is 0.268. The van der Waals surface area contributed by atoms with Gasteiger partial charge in [0.25, 0.3) is 11.8 Å². The first kappa shape index (κ1) is 18.6. The fourth-order valence-corrected chi connectivity index (χ4v) is 3.33. The van der Waals surface area contributed by atoms with Crippen molar-refractivity contribution in [3.8, 4) is 0 Å². The second-order valence-corrected chi connectivity index (χ2v) is 6.92. The van der Waals surface area contributed by atoms with Gasteiger partial charge in [0.2, 0.25) is 5.95 Å². The van der Waals surface area contributed by atoms with E-state index in [4.69, 9.17) is 4.42 Å². The molecule has 0 unspecified atom stereocenters. The Kier molecular flexibility index (Phi) is 4.64. The fourth-order valence-electron chi connectivity index (χ4n) is 3.33. The number of furan rings is 1. The van der Waals surface area contributed by atoms with Gasteiger partial charge in [-0.3, -0.25) is 19.9 Å². The lowest BCUT2D eigenvalue weighted by Crippen LogP contribution is -2.22. The molecular weight excluding hydrogens is 394 g/mol. The molecule has 0 saturated heterocycles. The molecule has 3 heterocycles. The third-order valence-electron chi connectivity index (χ3n) is 4.86. The van der Waals surface area contributed by atoms with Crippen LogP contribution in [0, 0.1) is 0 Å². The summed E-state index contributed by atoms with van der Waals surface area (Å²) in [6, 6.07) is 18.2. The number of aromatic amines is 1. The summed E-state index contributed by atoms with van der Waals surface area (Å²) >= 11 is 0. The Morgan fingerprint density at radius 2 is 1.84 bits per heavy atom. The molecule has 5 aromatic rings. The maximum Gasteiger partial charge on any atom is 0.276 e. The minimum Gasteiger partial charge on any atom is -0.467 e. The van der Waals surface area contributed by atoms with E-state index in [1.807, 2.05) is 24.3 Å². The van der Waals surface area contributed by atoms with Crippen LogP contribution in [0.4, 0.5) is 5.95 Å². The van der Waals surface area contributed by atoms with Crippen LogP contribution in [0.15, 0.2) is 77.5 Å². The van der Waals surface area contributed by atoms with Crippen LogP contribution in [0.2, 0.25) is 0 Å². The van der Waals surface area contributed by atoms with Crippen LogP contribution in [-0.4, -0.2) is 26.8 Å². The summed E-state index contributed by atoms with van der Waals surface area (Å²) < 4.78 is 5.23. The molecule has 3 aromatic heterocycles. The Morgan fingerprint density at radius 1 is 0.968 bits per heavy atom. The molecule has 0 radical (unpaired) electrons. The van der Waals surface area contributed by atoms with Crippen LogP contribution >= 0.6 is 0 Å². The van der Waals surface area contributed by atoms with Gasteiger partial charge in [-0.05, 0) is 35.7 Å². The zero-order valence-electron chi connectivity index (χ0n) is 16.3. The number of hydrogen-bond donors (Lipinski definition) is 3. The number of nitrogens with zero attached hydrogens (tertiary/aromatic N) is 2. The lowest BCUT2D eigenvalue weighted by molar-refractivity contribution is 0.0948. The molecule has 0 bridgehead atoms. The molecule has 5 rings (SSSR count). The number of hydrogen-bond acceptors (Lipinski definition) is 5. The summed E-state index contributed by atoms with van der Waals surface area (Å²) in [7, 11) is 0. The lowest BCUT2D eigenvalue weighted by Gasteiger charge is -2.04. The number of benzene rings is 2. The van der Waals surface area contributed by atoms with Crippen molar-refractivity contribution in [2.75, 3.05) is 5.32 Å². The number of fused-ring (bicyclic) bond motifs is 2. The highest BCUT2D eigenvalue weighted by Gasteiger charge is 2.16. The molecule has 2 amide bonds. The SMILES string of the molecule is O=C(Nc1nc2c(C(=O)NCc3ccco3)cccc2[nH]1)c1cc2ccccc2cn1. The number of nitrogens with one attached hydrogen (secondary N) is 3. The minimum absolute atomic E-state index is 0.237. The second-order valence-electron chi connectivity index (χ2n) is 6.92. The van der Waals surface area contributed by atoms with Gasteiger partial charge in [0.1, 0.15) is 17.0 Å². The highest BCUT2D eigenvalue weighted by atomic mass is 16.3. The molecule has 0 spiro atoms. The van der Waals surface area contributed by atoms with Gasteiger partial charge in [-0.2, -0.15) is 0 Å². The molecule has 31 heavy (non-hydrogen) atoms. The van der Waals surface area contributed by atoms with E-state index in [1.165, 1.54) is 0 Å². The van der Waals surface area contributed by atoms with E-state index in [0.29, 0.717) is 22.4 Å². The van der Waals surface area contributed by atoms with Crippen molar-refractivity contribution in [3.05, 3.63) is 90.1 Å². The van der Waals surface area contributed by atoms with Gasteiger partial charge < -0.3 is 14.7 Å². The smallest absolute Gasteiger partial charge is 0.276 e. The molecule has 2 aromatic carbocycles. The van der Waals surface area contributed by atoms with Crippen molar-refractivity contribution in [1.29, 1.82) is 0 Å². The zero-order valence-corrected chi connectivity index (χ0v) is 16.3.